The zero-order valence-corrected chi connectivity index (χ0v) is 11.1. The molecule has 5 nitrogen and oxygen atoms in total. The molecule has 6 heteroatoms. The summed E-state index contributed by atoms with van der Waals surface area (Å²) in [6, 6.07) is -0.181. The fourth-order valence-corrected chi connectivity index (χ4v) is 3.56. The minimum atomic E-state index is -2.92. The summed E-state index contributed by atoms with van der Waals surface area (Å²) in [5.41, 5.74) is 2.17. The van der Waals surface area contributed by atoms with Crippen LogP contribution in [0.1, 0.15) is 37.1 Å². The number of aromatic nitrogens is 2. The molecule has 2 rings (SSSR count). The van der Waals surface area contributed by atoms with E-state index in [2.05, 4.69) is 29.1 Å². The molecule has 1 atom stereocenters. The molecular formula is C11H19N3O2S. The van der Waals surface area contributed by atoms with E-state index < -0.39 is 9.84 Å². The Morgan fingerprint density at radius 3 is 2.65 bits per heavy atom. The van der Waals surface area contributed by atoms with Gasteiger partial charge >= 0.3 is 0 Å². The van der Waals surface area contributed by atoms with Gasteiger partial charge in [0.2, 0.25) is 0 Å². The van der Waals surface area contributed by atoms with Crippen LogP contribution in [0.3, 0.4) is 0 Å². The van der Waals surface area contributed by atoms with E-state index in [1.807, 2.05) is 0 Å². The van der Waals surface area contributed by atoms with Crippen LogP contribution in [-0.2, 0) is 22.7 Å². The summed E-state index contributed by atoms with van der Waals surface area (Å²) in [5.74, 6) is 1.14. The fraction of sp³-hybridized carbons (Fsp3) is 0.727. The lowest BCUT2D eigenvalue weighted by molar-refractivity contribution is 0.517. The van der Waals surface area contributed by atoms with E-state index in [9.17, 15) is 8.42 Å². The summed E-state index contributed by atoms with van der Waals surface area (Å²) in [6.07, 6.45) is 1.77. The van der Waals surface area contributed by atoms with Crippen LogP contribution < -0.4 is 5.32 Å². The Kier molecular flexibility index (Phi) is 3.53. The van der Waals surface area contributed by atoms with Gasteiger partial charge in [0.1, 0.15) is 5.82 Å². The highest BCUT2D eigenvalue weighted by atomic mass is 32.2. The number of aromatic amines is 1. The zero-order chi connectivity index (χ0) is 12.5. The Bertz CT molecular complexity index is 471. The largest absolute Gasteiger partial charge is 0.344 e. The van der Waals surface area contributed by atoms with Crippen LogP contribution >= 0.6 is 0 Å². The maximum absolute atomic E-state index is 11.6. The molecular weight excluding hydrogens is 238 g/mol. The summed E-state index contributed by atoms with van der Waals surface area (Å²) in [4.78, 5) is 7.76. The van der Waals surface area contributed by atoms with Gasteiger partial charge in [0.05, 0.1) is 23.2 Å². The summed E-state index contributed by atoms with van der Waals surface area (Å²) in [7, 11) is -2.92. The Morgan fingerprint density at radius 2 is 2.12 bits per heavy atom. The molecule has 0 amide bonds. The molecule has 17 heavy (non-hydrogen) atoms. The molecule has 1 unspecified atom stereocenters. The van der Waals surface area contributed by atoms with Crippen molar-refractivity contribution >= 4 is 9.84 Å². The van der Waals surface area contributed by atoms with E-state index >= 15 is 0 Å². The zero-order valence-electron chi connectivity index (χ0n) is 10.3. The minimum Gasteiger partial charge on any atom is -0.344 e. The van der Waals surface area contributed by atoms with Crippen molar-refractivity contribution in [2.24, 2.45) is 0 Å². The summed E-state index contributed by atoms with van der Waals surface area (Å²) < 4.78 is 23.2. The van der Waals surface area contributed by atoms with Gasteiger partial charge in [0.25, 0.3) is 0 Å². The van der Waals surface area contributed by atoms with E-state index in [-0.39, 0.29) is 17.5 Å². The molecule has 0 spiro atoms. The standard InChI is InChI=1S/C11H19N3O2S/c1-3-8-9(4-2)14-11(13-8)10-7-17(15,16)6-5-12-10/h10,12H,3-7H2,1-2H3,(H,13,14). The molecule has 1 aliphatic heterocycles. The van der Waals surface area contributed by atoms with Crippen LogP contribution in [0.15, 0.2) is 0 Å². The first-order valence-corrected chi connectivity index (χ1v) is 7.89. The van der Waals surface area contributed by atoms with Crippen LogP contribution in [0.25, 0.3) is 0 Å². The molecule has 1 fully saturated rings. The van der Waals surface area contributed by atoms with Gasteiger partial charge < -0.3 is 10.3 Å². The van der Waals surface area contributed by atoms with Crippen molar-refractivity contribution in [3.63, 3.8) is 0 Å². The average molecular weight is 257 g/mol. The maximum Gasteiger partial charge on any atom is 0.153 e. The lowest BCUT2D eigenvalue weighted by Crippen LogP contribution is -2.39. The average Bonchev–Trinajstić information content (AvgIpc) is 2.70. The third kappa shape index (κ3) is 2.69. The summed E-state index contributed by atoms with van der Waals surface area (Å²) >= 11 is 0. The highest BCUT2D eigenvalue weighted by Gasteiger charge is 2.27. The second kappa shape index (κ2) is 4.78. The Labute approximate surface area is 102 Å². The van der Waals surface area contributed by atoms with Crippen molar-refractivity contribution in [3.05, 3.63) is 17.2 Å². The first-order chi connectivity index (χ1) is 8.05. The predicted molar refractivity (Wildman–Crippen MR) is 66.7 cm³/mol. The molecule has 1 aliphatic rings. The predicted octanol–water partition coefficient (Wildman–Crippen LogP) is 0.594. The molecule has 0 aromatic carbocycles. The number of rotatable bonds is 3. The normalized spacial score (nSPS) is 23.8. The lowest BCUT2D eigenvalue weighted by Gasteiger charge is -2.21. The molecule has 1 aromatic heterocycles. The number of aryl methyl sites for hydroxylation is 2. The van der Waals surface area contributed by atoms with Gasteiger partial charge in [-0.2, -0.15) is 0 Å². The summed E-state index contributed by atoms with van der Waals surface area (Å²) in [5, 5.41) is 3.21. The molecule has 0 bridgehead atoms. The van der Waals surface area contributed by atoms with Crippen molar-refractivity contribution in [2.45, 2.75) is 32.7 Å². The quantitative estimate of drug-likeness (QED) is 0.831. The van der Waals surface area contributed by atoms with Crippen molar-refractivity contribution < 1.29 is 8.42 Å². The van der Waals surface area contributed by atoms with Crippen LogP contribution in [0, 0.1) is 0 Å². The number of nitrogens with one attached hydrogen (secondary N) is 2. The second-order valence-corrected chi connectivity index (χ2v) is 6.60. The minimum absolute atomic E-state index is 0.146. The summed E-state index contributed by atoms with van der Waals surface area (Å²) in [6.45, 7) is 4.64. The van der Waals surface area contributed by atoms with Gasteiger partial charge in [-0.3, -0.25) is 0 Å². The van der Waals surface area contributed by atoms with Crippen LogP contribution in [0.2, 0.25) is 0 Å². The smallest absolute Gasteiger partial charge is 0.153 e. The van der Waals surface area contributed by atoms with Crippen LogP contribution in [0.5, 0.6) is 0 Å². The Hall–Kier alpha value is -0.880. The first kappa shape index (κ1) is 12.6. The third-order valence-corrected chi connectivity index (χ3v) is 4.79. The molecule has 1 aromatic rings. The monoisotopic (exact) mass is 257 g/mol. The van der Waals surface area contributed by atoms with Crippen LogP contribution in [-0.4, -0.2) is 36.4 Å². The topological polar surface area (TPSA) is 74.8 Å². The maximum atomic E-state index is 11.6. The number of imidazole rings is 1. The molecule has 1 saturated heterocycles. The van der Waals surface area contributed by atoms with Crippen molar-refractivity contribution in [2.75, 3.05) is 18.1 Å². The molecule has 2 N–H and O–H groups in total. The highest BCUT2D eigenvalue weighted by Crippen LogP contribution is 2.18. The lowest BCUT2D eigenvalue weighted by atomic mass is 10.2. The van der Waals surface area contributed by atoms with E-state index in [1.165, 1.54) is 0 Å². The molecule has 96 valence electrons. The highest BCUT2D eigenvalue weighted by molar-refractivity contribution is 7.91. The molecule has 0 saturated carbocycles. The molecule has 0 radical (unpaired) electrons. The van der Waals surface area contributed by atoms with Gasteiger partial charge in [-0.15, -0.1) is 0 Å². The van der Waals surface area contributed by atoms with Crippen molar-refractivity contribution in [3.8, 4) is 0 Å². The van der Waals surface area contributed by atoms with Gasteiger partial charge in [0, 0.05) is 12.2 Å². The Balaban J connectivity index is 2.25. The number of H-pyrrole nitrogens is 1. The molecule has 0 aliphatic carbocycles. The first-order valence-electron chi connectivity index (χ1n) is 6.07. The van der Waals surface area contributed by atoms with Gasteiger partial charge in [0.15, 0.2) is 9.84 Å². The third-order valence-electron chi connectivity index (χ3n) is 3.13. The van der Waals surface area contributed by atoms with Gasteiger partial charge in [-0.1, -0.05) is 13.8 Å². The SMILES string of the molecule is CCc1nc(C2CS(=O)(=O)CCN2)[nH]c1CC. The van der Waals surface area contributed by atoms with E-state index in [4.69, 9.17) is 0 Å². The van der Waals surface area contributed by atoms with Gasteiger partial charge in [-0.25, -0.2) is 13.4 Å². The van der Waals surface area contributed by atoms with E-state index in [0.717, 1.165) is 30.1 Å². The number of hydrogen-bond donors (Lipinski definition) is 2. The Morgan fingerprint density at radius 1 is 1.35 bits per heavy atom. The number of sulfone groups is 1. The second-order valence-electron chi connectivity index (χ2n) is 4.38. The van der Waals surface area contributed by atoms with Crippen LogP contribution in [0.4, 0.5) is 0 Å². The van der Waals surface area contributed by atoms with Crippen molar-refractivity contribution in [1.82, 2.24) is 15.3 Å². The van der Waals surface area contributed by atoms with Crippen molar-refractivity contribution in [1.29, 1.82) is 0 Å². The van der Waals surface area contributed by atoms with E-state index in [0.29, 0.717) is 6.54 Å². The van der Waals surface area contributed by atoms with E-state index in [1.54, 1.807) is 0 Å². The fourth-order valence-electron chi connectivity index (χ4n) is 2.18. The molecule has 2 heterocycles. The number of nitrogens with zero attached hydrogens (tertiary/aromatic N) is 1. The van der Waals surface area contributed by atoms with Gasteiger partial charge in [-0.05, 0) is 12.8 Å². The number of hydrogen-bond acceptors (Lipinski definition) is 4.